The Morgan fingerprint density at radius 1 is 1.50 bits per heavy atom. The lowest BCUT2D eigenvalue weighted by Crippen LogP contribution is -2.25. The normalized spacial score (nSPS) is 9.93. The number of amides is 1. The second kappa shape index (κ2) is 4.69. The van der Waals surface area contributed by atoms with Crippen LogP contribution >= 0.6 is 0 Å². The number of carbonyl (C=O) groups excluding carboxylic acids is 1. The first-order valence-electron chi connectivity index (χ1n) is 4.89. The molecular weight excluding hydrogens is 178 g/mol. The monoisotopic (exact) mass is 195 g/mol. The quantitative estimate of drug-likeness (QED) is 0.760. The Hall–Kier alpha value is -1.45. The summed E-state index contributed by atoms with van der Waals surface area (Å²) in [7, 11) is 1.84. The number of anilines is 1. The van der Waals surface area contributed by atoms with Crippen molar-refractivity contribution >= 4 is 11.6 Å². The molecule has 4 heteroatoms. The van der Waals surface area contributed by atoms with E-state index in [-0.39, 0.29) is 5.91 Å². The zero-order chi connectivity index (χ0) is 10.6. The number of hydrogen-bond donors (Lipinski definition) is 2. The molecule has 0 atom stereocenters. The Morgan fingerprint density at radius 3 is 2.71 bits per heavy atom. The van der Waals surface area contributed by atoms with E-state index in [1.807, 2.05) is 37.7 Å². The van der Waals surface area contributed by atoms with Crippen LogP contribution in [0.2, 0.25) is 0 Å². The lowest BCUT2D eigenvalue weighted by atomic mass is 10.3. The fraction of sp³-hybridized carbons (Fsp3) is 0.500. The number of aromatic nitrogens is 1. The van der Waals surface area contributed by atoms with E-state index in [2.05, 4.69) is 10.6 Å². The standard InChI is InChI=1S/C10H17N3O/c1-4-12-10(14)9-6-8(11-3)7-13(9)5-2/h6-7,11H,4-5H2,1-3H3,(H,12,14). The Bertz CT molecular complexity index is 317. The number of rotatable bonds is 4. The van der Waals surface area contributed by atoms with E-state index in [4.69, 9.17) is 0 Å². The second-order valence-electron chi connectivity index (χ2n) is 3.01. The van der Waals surface area contributed by atoms with Crippen molar-refractivity contribution in [2.45, 2.75) is 20.4 Å². The molecule has 0 radical (unpaired) electrons. The molecule has 78 valence electrons. The number of nitrogens with zero attached hydrogens (tertiary/aromatic N) is 1. The van der Waals surface area contributed by atoms with Gasteiger partial charge in [-0.05, 0) is 19.9 Å². The third kappa shape index (κ3) is 2.07. The number of carbonyl (C=O) groups is 1. The Morgan fingerprint density at radius 2 is 2.21 bits per heavy atom. The Kier molecular flexibility index (Phi) is 3.56. The first-order valence-corrected chi connectivity index (χ1v) is 4.89. The summed E-state index contributed by atoms with van der Waals surface area (Å²) in [6.45, 7) is 5.38. The molecule has 1 rings (SSSR count). The summed E-state index contributed by atoms with van der Waals surface area (Å²) in [4.78, 5) is 11.6. The fourth-order valence-electron chi connectivity index (χ4n) is 1.35. The third-order valence-corrected chi connectivity index (χ3v) is 2.10. The number of aryl methyl sites for hydroxylation is 1. The van der Waals surface area contributed by atoms with Crippen molar-refractivity contribution in [1.82, 2.24) is 9.88 Å². The van der Waals surface area contributed by atoms with Gasteiger partial charge in [0.25, 0.3) is 5.91 Å². The van der Waals surface area contributed by atoms with Crippen molar-refractivity contribution in [2.75, 3.05) is 18.9 Å². The molecule has 1 aromatic heterocycles. The van der Waals surface area contributed by atoms with Gasteiger partial charge in [0.05, 0.1) is 5.69 Å². The van der Waals surface area contributed by atoms with Crippen LogP contribution in [0.15, 0.2) is 12.3 Å². The molecule has 2 N–H and O–H groups in total. The molecule has 0 aliphatic carbocycles. The topological polar surface area (TPSA) is 46.1 Å². The van der Waals surface area contributed by atoms with Crippen molar-refractivity contribution < 1.29 is 4.79 Å². The molecule has 0 aromatic carbocycles. The zero-order valence-electron chi connectivity index (χ0n) is 8.92. The minimum absolute atomic E-state index is 0.0177. The van der Waals surface area contributed by atoms with Crippen LogP contribution in [0.25, 0.3) is 0 Å². The third-order valence-electron chi connectivity index (χ3n) is 2.10. The lowest BCUT2D eigenvalue weighted by molar-refractivity contribution is 0.0946. The molecule has 4 nitrogen and oxygen atoms in total. The first-order chi connectivity index (χ1) is 6.72. The van der Waals surface area contributed by atoms with Gasteiger partial charge in [0.1, 0.15) is 5.69 Å². The van der Waals surface area contributed by atoms with Crippen LogP contribution in [0.1, 0.15) is 24.3 Å². The van der Waals surface area contributed by atoms with Gasteiger partial charge in [-0.15, -0.1) is 0 Å². The Balaban J connectivity index is 2.93. The van der Waals surface area contributed by atoms with Crippen LogP contribution < -0.4 is 10.6 Å². The zero-order valence-corrected chi connectivity index (χ0v) is 8.92. The molecule has 0 aliphatic heterocycles. The molecule has 14 heavy (non-hydrogen) atoms. The Labute approximate surface area is 84.3 Å². The predicted molar refractivity (Wildman–Crippen MR) is 57.7 cm³/mol. The van der Waals surface area contributed by atoms with Crippen molar-refractivity contribution in [2.24, 2.45) is 0 Å². The van der Waals surface area contributed by atoms with Crippen LogP contribution in [-0.4, -0.2) is 24.1 Å². The average molecular weight is 195 g/mol. The van der Waals surface area contributed by atoms with Crippen molar-refractivity contribution in [3.63, 3.8) is 0 Å². The van der Waals surface area contributed by atoms with E-state index < -0.39 is 0 Å². The van der Waals surface area contributed by atoms with E-state index in [9.17, 15) is 4.79 Å². The average Bonchev–Trinajstić information content (AvgIpc) is 2.61. The van der Waals surface area contributed by atoms with E-state index in [0.29, 0.717) is 12.2 Å². The maximum Gasteiger partial charge on any atom is 0.267 e. The minimum Gasteiger partial charge on any atom is -0.387 e. The molecule has 1 heterocycles. The maximum atomic E-state index is 11.6. The summed E-state index contributed by atoms with van der Waals surface area (Å²) in [5.74, 6) is -0.0177. The van der Waals surface area contributed by atoms with Gasteiger partial charge in [-0.1, -0.05) is 0 Å². The molecule has 0 saturated heterocycles. The van der Waals surface area contributed by atoms with E-state index in [0.717, 1.165) is 12.2 Å². The summed E-state index contributed by atoms with van der Waals surface area (Å²) in [6.07, 6.45) is 1.94. The highest BCUT2D eigenvalue weighted by Gasteiger charge is 2.10. The van der Waals surface area contributed by atoms with Gasteiger partial charge in [0, 0.05) is 26.3 Å². The van der Waals surface area contributed by atoms with Crippen LogP contribution in [0.3, 0.4) is 0 Å². The highest BCUT2D eigenvalue weighted by Crippen LogP contribution is 2.13. The summed E-state index contributed by atoms with van der Waals surface area (Å²) >= 11 is 0. The minimum atomic E-state index is -0.0177. The molecule has 1 amide bonds. The largest absolute Gasteiger partial charge is 0.387 e. The van der Waals surface area contributed by atoms with E-state index in [1.54, 1.807) is 0 Å². The second-order valence-corrected chi connectivity index (χ2v) is 3.01. The van der Waals surface area contributed by atoms with Gasteiger partial charge in [-0.2, -0.15) is 0 Å². The molecule has 1 aromatic rings. The van der Waals surface area contributed by atoms with Gasteiger partial charge < -0.3 is 15.2 Å². The summed E-state index contributed by atoms with van der Waals surface area (Å²) in [5.41, 5.74) is 1.67. The first kappa shape index (κ1) is 10.6. The summed E-state index contributed by atoms with van der Waals surface area (Å²) in [6, 6.07) is 1.86. The summed E-state index contributed by atoms with van der Waals surface area (Å²) in [5, 5.41) is 5.80. The lowest BCUT2D eigenvalue weighted by Gasteiger charge is -2.04. The van der Waals surface area contributed by atoms with Crippen LogP contribution in [0.5, 0.6) is 0 Å². The van der Waals surface area contributed by atoms with Gasteiger partial charge in [0.2, 0.25) is 0 Å². The molecule has 0 aliphatic rings. The van der Waals surface area contributed by atoms with Gasteiger partial charge in [-0.25, -0.2) is 0 Å². The molecule has 0 spiro atoms. The molecule has 0 unspecified atom stereocenters. The number of nitrogens with one attached hydrogen (secondary N) is 2. The van der Waals surface area contributed by atoms with Gasteiger partial charge in [0.15, 0.2) is 0 Å². The van der Waals surface area contributed by atoms with Crippen LogP contribution in [0.4, 0.5) is 5.69 Å². The molecule has 0 fully saturated rings. The number of hydrogen-bond acceptors (Lipinski definition) is 2. The maximum absolute atomic E-state index is 11.6. The predicted octanol–water partition coefficient (Wildman–Crippen LogP) is 1.30. The van der Waals surface area contributed by atoms with Crippen molar-refractivity contribution in [3.05, 3.63) is 18.0 Å². The van der Waals surface area contributed by atoms with Gasteiger partial charge >= 0.3 is 0 Å². The molecular formula is C10H17N3O. The molecule has 0 saturated carbocycles. The summed E-state index contributed by atoms with van der Waals surface area (Å²) < 4.78 is 1.93. The van der Waals surface area contributed by atoms with Gasteiger partial charge in [-0.3, -0.25) is 4.79 Å². The van der Waals surface area contributed by atoms with E-state index in [1.165, 1.54) is 0 Å². The fourth-order valence-corrected chi connectivity index (χ4v) is 1.35. The van der Waals surface area contributed by atoms with Crippen LogP contribution in [-0.2, 0) is 6.54 Å². The highest BCUT2D eigenvalue weighted by molar-refractivity contribution is 5.93. The van der Waals surface area contributed by atoms with Crippen molar-refractivity contribution in [1.29, 1.82) is 0 Å². The smallest absolute Gasteiger partial charge is 0.267 e. The SMILES string of the molecule is CCNC(=O)c1cc(NC)cn1CC. The molecule has 0 bridgehead atoms. The van der Waals surface area contributed by atoms with Crippen LogP contribution in [0, 0.1) is 0 Å². The van der Waals surface area contributed by atoms with Crippen molar-refractivity contribution in [3.8, 4) is 0 Å². The highest BCUT2D eigenvalue weighted by atomic mass is 16.1. The van der Waals surface area contributed by atoms with E-state index >= 15 is 0 Å².